The third-order valence-corrected chi connectivity index (χ3v) is 2.43. The summed E-state index contributed by atoms with van der Waals surface area (Å²) in [5, 5.41) is 9.99. The molecular formula is C9H4BrF4NO3. The Bertz CT molecular complexity index is 515. The van der Waals surface area contributed by atoms with Crippen molar-refractivity contribution in [2.45, 2.75) is 6.18 Å². The van der Waals surface area contributed by atoms with Crippen LogP contribution < -0.4 is 5.32 Å². The van der Waals surface area contributed by atoms with Gasteiger partial charge in [-0.3, -0.25) is 4.79 Å². The molecule has 0 saturated heterocycles. The van der Waals surface area contributed by atoms with E-state index >= 15 is 0 Å². The van der Waals surface area contributed by atoms with Crippen molar-refractivity contribution >= 4 is 33.5 Å². The molecule has 98 valence electrons. The number of rotatable bonds is 2. The molecule has 0 radical (unpaired) electrons. The van der Waals surface area contributed by atoms with Crippen LogP contribution >= 0.6 is 15.9 Å². The van der Waals surface area contributed by atoms with Gasteiger partial charge < -0.3 is 10.4 Å². The maximum atomic E-state index is 13.4. The Morgan fingerprint density at radius 1 is 1.28 bits per heavy atom. The number of anilines is 1. The second-order valence-electron chi connectivity index (χ2n) is 3.04. The van der Waals surface area contributed by atoms with Gasteiger partial charge in [-0.2, -0.15) is 13.2 Å². The molecule has 0 heterocycles. The molecule has 1 aromatic carbocycles. The topological polar surface area (TPSA) is 66.4 Å². The van der Waals surface area contributed by atoms with Gasteiger partial charge in [0, 0.05) is 0 Å². The number of carboxylic acids is 1. The highest BCUT2D eigenvalue weighted by atomic mass is 79.9. The van der Waals surface area contributed by atoms with Crippen molar-refractivity contribution in [1.29, 1.82) is 0 Å². The molecule has 0 aliphatic heterocycles. The van der Waals surface area contributed by atoms with E-state index in [-0.39, 0.29) is 4.47 Å². The third kappa shape index (κ3) is 2.97. The molecule has 9 heteroatoms. The average Bonchev–Trinajstić information content (AvgIpc) is 2.21. The summed E-state index contributed by atoms with van der Waals surface area (Å²) in [7, 11) is 0. The molecule has 0 spiro atoms. The lowest BCUT2D eigenvalue weighted by molar-refractivity contribution is -0.167. The summed E-state index contributed by atoms with van der Waals surface area (Å²) in [6.45, 7) is 0. The van der Waals surface area contributed by atoms with Crippen LogP contribution in [0.4, 0.5) is 23.2 Å². The van der Waals surface area contributed by atoms with Gasteiger partial charge in [0.25, 0.3) is 0 Å². The van der Waals surface area contributed by atoms with Crippen LogP contribution in [-0.4, -0.2) is 23.2 Å². The van der Waals surface area contributed by atoms with Crippen molar-refractivity contribution in [3.8, 4) is 0 Å². The lowest BCUT2D eigenvalue weighted by Crippen LogP contribution is -2.30. The van der Waals surface area contributed by atoms with E-state index in [0.29, 0.717) is 0 Å². The van der Waals surface area contributed by atoms with Gasteiger partial charge in [-0.05, 0) is 28.1 Å². The summed E-state index contributed by atoms with van der Waals surface area (Å²) >= 11 is 2.68. The molecule has 0 bridgehead atoms. The van der Waals surface area contributed by atoms with Crippen molar-refractivity contribution in [3.05, 3.63) is 28.0 Å². The Labute approximate surface area is 106 Å². The first kappa shape index (κ1) is 14.4. The van der Waals surface area contributed by atoms with E-state index in [1.807, 2.05) is 0 Å². The van der Waals surface area contributed by atoms with Gasteiger partial charge in [-0.15, -0.1) is 0 Å². The fourth-order valence-electron chi connectivity index (χ4n) is 1.06. The summed E-state index contributed by atoms with van der Waals surface area (Å²) < 4.78 is 49.1. The van der Waals surface area contributed by atoms with Crippen LogP contribution in [0.2, 0.25) is 0 Å². The van der Waals surface area contributed by atoms with E-state index in [1.54, 1.807) is 0 Å². The number of carbonyl (C=O) groups excluding carboxylic acids is 1. The minimum atomic E-state index is -5.20. The first-order chi connectivity index (χ1) is 8.14. The van der Waals surface area contributed by atoms with Crippen LogP contribution in [0.15, 0.2) is 16.6 Å². The summed E-state index contributed by atoms with van der Waals surface area (Å²) in [5.74, 6) is -5.46. The summed E-state index contributed by atoms with van der Waals surface area (Å²) in [6, 6.07) is 1.83. The highest BCUT2D eigenvalue weighted by molar-refractivity contribution is 9.10. The van der Waals surface area contributed by atoms with Gasteiger partial charge in [-0.25, -0.2) is 9.18 Å². The summed E-state index contributed by atoms with van der Waals surface area (Å²) in [5.41, 5.74) is -1.83. The van der Waals surface area contributed by atoms with Gasteiger partial charge in [0.15, 0.2) is 5.82 Å². The number of carbonyl (C=O) groups is 2. The standard InChI is InChI=1S/C9H4BrF4NO3/c10-3-1-2-4(5(6(3)11)7(16)17)15-8(18)9(12,13)14/h1-2H,(H,15,18)(H,16,17). The minimum Gasteiger partial charge on any atom is -0.478 e. The zero-order chi connectivity index (χ0) is 14.1. The predicted molar refractivity (Wildman–Crippen MR) is 55.7 cm³/mol. The SMILES string of the molecule is O=C(O)c1c(NC(=O)C(F)(F)F)ccc(Br)c1F. The number of halogens is 5. The largest absolute Gasteiger partial charge is 0.478 e. The molecular weight excluding hydrogens is 326 g/mol. The van der Waals surface area contributed by atoms with Crippen molar-refractivity contribution in [1.82, 2.24) is 0 Å². The zero-order valence-electron chi connectivity index (χ0n) is 8.31. The smallest absolute Gasteiger partial charge is 0.471 e. The molecule has 18 heavy (non-hydrogen) atoms. The number of aromatic carboxylic acids is 1. The molecule has 1 aromatic rings. The van der Waals surface area contributed by atoms with Crippen LogP contribution in [0.25, 0.3) is 0 Å². The zero-order valence-corrected chi connectivity index (χ0v) is 9.89. The van der Waals surface area contributed by atoms with Crippen LogP contribution in [0.3, 0.4) is 0 Å². The van der Waals surface area contributed by atoms with E-state index in [1.165, 1.54) is 5.32 Å². The Morgan fingerprint density at radius 3 is 2.28 bits per heavy atom. The monoisotopic (exact) mass is 329 g/mol. The van der Waals surface area contributed by atoms with Crippen LogP contribution in [0, 0.1) is 5.82 Å². The molecule has 1 amide bonds. The number of carboxylic acid groups (broad SMARTS) is 1. The number of nitrogens with one attached hydrogen (secondary N) is 1. The maximum absolute atomic E-state index is 13.4. The van der Waals surface area contributed by atoms with Gasteiger partial charge in [0.1, 0.15) is 5.56 Å². The lowest BCUT2D eigenvalue weighted by Gasteiger charge is -2.11. The molecule has 4 nitrogen and oxygen atoms in total. The molecule has 0 aliphatic rings. The Balaban J connectivity index is 3.22. The maximum Gasteiger partial charge on any atom is 0.471 e. The number of benzene rings is 1. The van der Waals surface area contributed by atoms with E-state index in [9.17, 15) is 27.2 Å². The van der Waals surface area contributed by atoms with E-state index in [4.69, 9.17) is 5.11 Å². The van der Waals surface area contributed by atoms with Gasteiger partial charge in [0.2, 0.25) is 0 Å². The van der Waals surface area contributed by atoms with Gasteiger partial charge in [0.05, 0.1) is 10.2 Å². The van der Waals surface area contributed by atoms with Crippen molar-refractivity contribution in [2.24, 2.45) is 0 Å². The van der Waals surface area contributed by atoms with Gasteiger partial charge in [-0.1, -0.05) is 0 Å². The number of amides is 1. The van der Waals surface area contributed by atoms with Crippen molar-refractivity contribution < 1.29 is 32.3 Å². The first-order valence-corrected chi connectivity index (χ1v) is 5.03. The second-order valence-corrected chi connectivity index (χ2v) is 3.90. The van der Waals surface area contributed by atoms with E-state index in [0.717, 1.165) is 12.1 Å². The van der Waals surface area contributed by atoms with E-state index < -0.39 is 35.1 Å². The first-order valence-electron chi connectivity index (χ1n) is 4.24. The summed E-state index contributed by atoms with van der Waals surface area (Å²) in [4.78, 5) is 21.4. The lowest BCUT2D eigenvalue weighted by atomic mass is 10.1. The predicted octanol–water partition coefficient (Wildman–Crippen LogP) is 2.79. The number of hydrogen-bond acceptors (Lipinski definition) is 2. The number of hydrogen-bond donors (Lipinski definition) is 2. The molecule has 0 fully saturated rings. The van der Waals surface area contributed by atoms with Gasteiger partial charge >= 0.3 is 18.1 Å². The van der Waals surface area contributed by atoms with Crippen molar-refractivity contribution in [3.63, 3.8) is 0 Å². The molecule has 0 atom stereocenters. The summed E-state index contributed by atoms with van der Waals surface area (Å²) in [6.07, 6.45) is -5.20. The number of alkyl halides is 3. The quantitative estimate of drug-likeness (QED) is 0.820. The molecule has 1 rings (SSSR count). The van der Waals surface area contributed by atoms with Crippen molar-refractivity contribution in [2.75, 3.05) is 5.32 Å². The fraction of sp³-hybridized carbons (Fsp3) is 0.111. The average molecular weight is 330 g/mol. The minimum absolute atomic E-state index is 0.245. The Hall–Kier alpha value is -1.64. The van der Waals surface area contributed by atoms with Crippen LogP contribution in [0.1, 0.15) is 10.4 Å². The van der Waals surface area contributed by atoms with E-state index in [2.05, 4.69) is 15.9 Å². The molecule has 0 saturated carbocycles. The normalized spacial score (nSPS) is 11.2. The highest BCUT2D eigenvalue weighted by Crippen LogP contribution is 2.27. The Morgan fingerprint density at radius 2 is 1.83 bits per heavy atom. The molecule has 0 aliphatic carbocycles. The third-order valence-electron chi connectivity index (χ3n) is 1.81. The highest BCUT2D eigenvalue weighted by Gasteiger charge is 2.39. The van der Waals surface area contributed by atoms with Crippen LogP contribution in [-0.2, 0) is 4.79 Å². The second kappa shape index (κ2) is 4.92. The molecule has 0 unspecified atom stereocenters. The molecule has 0 aromatic heterocycles. The molecule has 2 N–H and O–H groups in total. The van der Waals surface area contributed by atoms with Crippen LogP contribution in [0.5, 0.6) is 0 Å². The Kier molecular flexibility index (Phi) is 3.95. The fourth-order valence-corrected chi connectivity index (χ4v) is 1.39.